The van der Waals surface area contributed by atoms with Crippen molar-refractivity contribution in [1.29, 1.82) is 0 Å². The highest BCUT2D eigenvalue weighted by molar-refractivity contribution is 9.11. The van der Waals surface area contributed by atoms with E-state index in [1.165, 1.54) is 11.3 Å². The van der Waals surface area contributed by atoms with E-state index in [4.69, 9.17) is 0 Å². The van der Waals surface area contributed by atoms with Gasteiger partial charge in [-0.3, -0.25) is 4.79 Å². The average molecular weight is 416 g/mol. The molecule has 96 valence electrons. The lowest BCUT2D eigenvalue weighted by Gasteiger charge is -1.97. The summed E-state index contributed by atoms with van der Waals surface area (Å²) < 4.78 is 3.19. The van der Waals surface area contributed by atoms with Crippen LogP contribution in [-0.4, -0.2) is 5.78 Å². The number of carbonyl (C=O) groups is 1. The third-order valence-electron chi connectivity index (χ3n) is 2.88. The van der Waals surface area contributed by atoms with Crippen molar-refractivity contribution < 1.29 is 4.79 Å². The maximum atomic E-state index is 12.6. The summed E-state index contributed by atoms with van der Waals surface area (Å²) in [4.78, 5) is 13.4. The third kappa shape index (κ3) is 2.33. The summed E-state index contributed by atoms with van der Waals surface area (Å²) in [5.41, 5.74) is 1.89. The highest BCUT2D eigenvalue weighted by atomic mass is 79.9. The van der Waals surface area contributed by atoms with Crippen LogP contribution in [0.4, 0.5) is 0 Å². The van der Waals surface area contributed by atoms with Crippen LogP contribution >= 0.6 is 54.5 Å². The van der Waals surface area contributed by atoms with Crippen LogP contribution in [0.25, 0.3) is 10.1 Å². The molecule has 19 heavy (non-hydrogen) atoms. The van der Waals surface area contributed by atoms with Crippen molar-refractivity contribution in [1.82, 2.24) is 0 Å². The number of hydrogen-bond donors (Lipinski definition) is 0. The molecule has 0 aliphatic heterocycles. The first-order valence-corrected chi connectivity index (χ1v) is 8.82. The van der Waals surface area contributed by atoms with Gasteiger partial charge in [-0.25, -0.2) is 0 Å². The summed E-state index contributed by atoms with van der Waals surface area (Å²) in [6.45, 7) is 2.00. The van der Waals surface area contributed by atoms with Crippen molar-refractivity contribution >= 4 is 70.4 Å². The van der Waals surface area contributed by atoms with Gasteiger partial charge in [0.15, 0.2) is 0 Å². The second-order valence-electron chi connectivity index (χ2n) is 4.16. The van der Waals surface area contributed by atoms with E-state index in [1.54, 1.807) is 11.3 Å². The largest absolute Gasteiger partial charge is 0.288 e. The predicted octanol–water partition coefficient (Wildman–Crippen LogP) is 6.03. The van der Waals surface area contributed by atoms with Crippen LogP contribution < -0.4 is 0 Å². The monoisotopic (exact) mass is 414 g/mol. The molecule has 0 radical (unpaired) electrons. The lowest BCUT2D eigenvalue weighted by Crippen LogP contribution is -1.96. The molecule has 1 aromatic carbocycles. The van der Waals surface area contributed by atoms with Gasteiger partial charge in [-0.15, -0.1) is 22.7 Å². The fourth-order valence-corrected chi connectivity index (χ4v) is 4.99. The van der Waals surface area contributed by atoms with Crippen molar-refractivity contribution in [2.45, 2.75) is 6.92 Å². The Hall–Kier alpha value is -0.490. The van der Waals surface area contributed by atoms with Crippen LogP contribution in [0.5, 0.6) is 0 Å². The quantitative estimate of drug-likeness (QED) is 0.467. The SMILES string of the molecule is Cc1cc(C(=O)c2csc3c(Br)cccc23)sc1Br. The van der Waals surface area contributed by atoms with Crippen LogP contribution in [0.2, 0.25) is 0 Å². The number of aryl methyl sites for hydroxylation is 1. The molecule has 0 spiro atoms. The van der Waals surface area contributed by atoms with Gasteiger partial charge in [0.2, 0.25) is 5.78 Å². The number of halogens is 2. The minimum Gasteiger partial charge on any atom is -0.288 e. The molecule has 5 heteroatoms. The molecule has 0 saturated heterocycles. The number of rotatable bonds is 2. The van der Waals surface area contributed by atoms with E-state index in [2.05, 4.69) is 31.9 Å². The molecule has 0 aliphatic carbocycles. The fraction of sp³-hybridized carbons (Fsp3) is 0.0714. The molecule has 3 rings (SSSR count). The van der Waals surface area contributed by atoms with Gasteiger partial charge in [-0.05, 0) is 56.5 Å². The molecule has 0 saturated carbocycles. The Morgan fingerprint density at radius 2 is 2.05 bits per heavy atom. The zero-order chi connectivity index (χ0) is 13.6. The molecule has 0 N–H and O–H groups in total. The first kappa shape index (κ1) is 13.5. The maximum absolute atomic E-state index is 12.6. The van der Waals surface area contributed by atoms with E-state index in [-0.39, 0.29) is 5.78 Å². The van der Waals surface area contributed by atoms with E-state index in [0.717, 1.165) is 34.3 Å². The molecule has 0 atom stereocenters. The van der Waals surface area contributed by atoms with Gasteiger partial charge in [-0.1, -0.05) is 12.1 Å². The van der Waals surface area contributed by atoms with Crippen molar-refractivity contribution in [2.24, 2.45) is 0 Å². The molecule has 2 aromatic heterocycles. The lowest BCUT2D eigenvalue weighted by molar-refractivity contribution is 0.104. The Balaban J connectivity index is 2.14. The number of fused-ring (bicyclic) bond motifs is 1. The van der Waals surface area contributed by atoms with E-state index in [1.807, 2.05) is 36.6 Å². The third-order valence-corrected chi connectivity index (χ3v) is 6.97. The minimum absolute atomic E-state index is 0.100. The highest BCUT2D eigenvalue weighted by Gasteiger charge is 2.18. The molecule has 0 aliphatic rings. The summed E-state index contributed by atoms with van der Waals surface area (Å²) >= 11 is 10.1. The van der Waals surface area contributed by atoms with Gasteiger partial charge in [0.1, 0.15) is 0 Å². The van der Waals surface area contributed by atoms with Gasteiger partial charge >= 0.3 is 0 Å². The van der Waals surface area contributed by atoms with E-state index in [0.29, 0.717) is 0 Å². The van der Waals surface area contributed by atoms with Crippen LogP contribution in [0, 0.1) is 6.92 Å². The number of thiophene rings is 2. The van der Waals surface area contributed by atoms with Gasteiger partial charge in [0.25, 0.3) is 0 Å². The average Bonchev–Trinajstić information content (AvgIpc) is 2.94. The molecule has 0 fully saturated rings. The molecule has 1 nitrogen and oxygen atoms in total. The highest BCUT2D eigenvalue weighted by Crippen LogP contribution is 2.35. The molecule has 2 heterocycles. The van der Waals surface area contributed by atoms with Crippen molar-refractivity contribution in [2.75, 3.05) is 0 Å². The van der Waals surface area contributed by atoms with E-state index < -0.39 is 0 Å². The van der Waals surface area contributed by atoms with Crippen LogP contribution in [0.3, 0.4) is 0 Å². The summed E-state index contributed by atoms with van der Waals surface area (Å²) in [6, 6.07) is 7.91. The standard InChI is InChI=1S/C14H8Br2OS2/c1-7-5-11(19-14(7)16)12(17)9-6-18-13-8(9)3-2-4-10(13)15/h2-6H,1H3. The molecular formula is C14H8Br2OS2. The topological polar surface area (TPSA) is 17.1 Å². The van der Waals surface area contributed by atoms with Gasteiger partial charge in [-0.2, -0.15) is 0 Å². The van der Waals surface area contributed by atoms with Crippen LogP contribution in [0.1, 0.15) is 20.8 Å². The zero-order valence-corrected chi connectivity index (χ0v) is 14.7. The lowest BCUT2D eigenvalue weighted by atomic mass is 10.1. The number of ketones is 1. The summed E-state index contributed by atoms with van der Waals surface area (Å²) in [5.74, 6) is 0.100. The summed E-state index contributed by atoms with van der Waals surface area (Å²) in [7, 11) is 0. The Bertz CT molecular complexity index is 766. The Morgan fingerprint density at radius 3 is 2.74 bits per heavy atom. The van der Waals surface area contributed by atoms with Gasteiger partial charge in [0.05, 0.1) is 8.66 Å². The smallest absolute Gasteiger partial charge is 0.204 e. The fourth-order valence-electron chi connectivity index (χ4n) is 1.90. The molecule has 3 aromatic rings. The predicted molar refractivity (Wildman–Crippen MR) is 89.7 cm³/mol. The van der Waals surface area contributed by atoms with Crippen LogP contribution in [-0.2, 0) is 0 Å². The molecular weight excluding hydrogens is 408 g/mol. The van der Waals surface area contributed by atoms with Crippen molar-refractivity contribution in [3.05, 3.63) is 53.9 Å². The summed E-state index contributed by atoms with van der Waals surface area (Å²) in [6.07, 6.45) is 0. The molecule has 0 unspecified atom stereocenters. The van der Waals surface area contributed by atoms with Gasteiger partial charge < -0.3 is 0 Å². The molecule has 0 amide bonds. The second kappa shape index (κ2) is 5.13. The minimum atomic E-state index is 0.100. The Kier molecular flexibility index (Phi) is 3.64. The maximum Gasteiger partial charge on any atom is 0.204 e. The first-order valence-electron chi connectivity index (χ1n) is 5.54. The number of carbonyl (C=O) groups excluding carboxylic acids is 1. The number of benzene rings is 1. The van der Waals surface area contributed by atoms with Crippen molar-refractivity contribution in [3.63, 3.8) is 0 Å². The normalized spacial score (nSPS) is 11.1. The van der Waals surface area contributed by atoms with Crippen LogP contribution in [0.15, 0.2) is 37.9 Å². The van der Waals surface area contributed by atoms with Crippen molar-refractivity contribution in [3.8, 4) is 0 Å². The summed E-state index contributed by atoms with van der Waals surface area (Å²) in [5, 5.41) is 2.97. The van der Waals surface area contributed by atoms with E-state index in [9.17, 15) is 4.79 Å². The Morgan fingerprint density at radius 1 is 1.26 bits per heavy atom. The zero-order valence-electron chi connectivity index (χ0n) is 9.87. The first-order chi connectivity index (χ1) is 9.08. The molecule has 0 bridgehead atoms. The number of hydrogen-bond acceptors (Lipinski definition) is 3. The van der Waals surface area contributed by atoms with Gasteiger partial charge in [0, 0.05) is 25.5 Å². The second-order valence-corrected chi connectivity index (χ2v) is 8.27. The Labute approximate surface area is 135 Å². The van der Waals surface area contributed by atoms with E-state index >= 15 is 0 Å².